The van der Waals surface area contributed by atoms with Crippen LogP contribution in [-0.2, 0) is 4.74 Å². The fourth-order valence-corrected chi connectivity index (χ4v) is 1.27. The number of rotatable bonds is 0. The molecule has 1 nitrogen and oxygen atoms in total. The normalized spacial score (nSPS) is 24.5. The summed E-state index contributed by atoms with van der Waals surface area (Å²) in [6.07, 6.45) is -10.3. The van der Waals surface area contributed by atoms with Gasteiger partial charge in [-0.25, -0.2) is 0 Å². The van der Waals surface area contributed by atoms with Crippen molar-refractivity contribution >= 4 is 0 Å². The highest BCUT2D eigenvalue weighted by Crippen LogP contribution is 2.51. The Bertz CT molecular complexity index is 270. The second kappa shape index (κ2) is 2.90. The summed E-state index contributed by atoms with van der Waals surface area (Å²) in [5, 5.41) is 0. The van der Waals surface area contributed by atoms with E-state index in [1.807, 2.05) is 0 Å². The van der Waals surface area contributed by atoms with E-state index in [1.165, 1.54) is 0 Å². The molecule has 0 atom stereocenters. The molecule has 0 saturated carbocycles. The van der Waals surface area contributed by atoms with Gasteiger partial charge in [0.2, 0.25) is 0 Å². The number of ether oxygens (including phenoxy) is 1. The number of alkyl halides is 6. The SMILES string of the molecule is CC1(C)C=CC(C(F)(F)F)(C(F)(F)F)O1. The van der Waals surface area contributed by atoms with Crippen molar-refractivity contribution in [2.75, 3.05) is 0 Å². The quantitative estimate of drug-likeness (QED) is 0.462. The second-order valence-corrected chi connectivity index (χ2v) is 3.77. The van der Waals surface area contributed by atoms with Crippen molar-refractivity contribution in [1.29, 1.82) is 0 Å². The molecule has 0 spiro atoms. The van der Waals surface area contributed by atoms with Gasteiger partial charge in [-0.1, -0.05) is 6.08 Å². The van der Waals surface area contributed by atoms with Crippen LogP contribution in [0.15, 0.2) is 12.2 Å². The highest BCUT2D eigenvalue weighted by molar-refractivity contribution is 5.21. The highest BCUT2D eigenvalue weighted by atomic mass is 19.4. The fraction of sp³-hybridized carbons (Fsp3) is 0.750. The maximum Gasteiger partial charge on any atom is 0.430 e. The molecule has 0 aliphatic carbocycles. The molecule has 0 fully saturated rings. The molecule has 0 bridgehead atoms. The number of halogens is 6. The third-order valence-corrected chi connectivity index (χ3v) is 1.99. The Labute approximate surface area is 81.7 Å². The minimum atomic E-state index is -5.52. The molecular formula is C8H8F6O. The minimum Gasteiger partial charge on any atom is -0.344 e. The summed E-state index contributed by atoms with van der Waals surface area (Å²) in [5.74, 6) is 0. The van der Waals surface area contributed by atoms with Crippen LogP contribution in [0.1, 0.15) is 13.8 Å². The van der Waals surface area contributed by atoms with E-state index in [1.54, 1.807) is 0 Å². The maximum absolute atomic E-state index is 12.4. The lowest BCUT2D eigenvalue weighted by molar-refractivity contribution is -0.368. The van der Waals surface area contributed by atoms with Crippen LogP contribution in [0.3, 0.4) is 0 Å². The largest absolute Gasteiger partial charge is 0.430 e. The fourth-order valence-electron chi connectivity index (χ4n) is 1.27. The summed E-state index contributed by atoms with van der Waals surface area (Å²) < 4.78 is 78.3. The molecule has 15 heavy (non-hydrogen) atoms. The van der Waals surface area contributed by atoms with Crippen LogP contribution >= 0.6 is 0 Å². The molecular weight excluding hydrogens is 226 g/mol. The Balaban J connectivity index is 3.21. The monoisotopic (exact) mass is 234 g/mol. The summed E-state index contributed by atoms with van der Waals surface area (Å²) in [6.45, 7) is 2.26. The van der Waals surface area contributed by atoms with E-state index in [0.29, 0.717) is 0 Å². The third kappa shape index (κ3) is 1.84. The van der Waals surface area contributed by atoms with Gasteiger partial charge in [0.25, 0.3) is 5.60 Å². The smallest absolute Gasteiger partial charge is 0.344 e. The van der Waals surface area contributed by atoms with Crippen LogP contribution in [0.25, 0.3) is 0 Å². The predicted molar refractivity (Wildman–Crippen MR) is 39.1 cm³/mol. The average molecular weight is 234 g/mol. The molecule has 0 N–H and O–H groups in total. The van der Waals surface area contributed by atoms with Crippen molar-refractivity contribution in [1.82, 2.24) is 0 Å². The van der Waals surface area contributed by atoms with Gasteiger partial charge in [-0.2, -0.15) is 26.3 Å². The first kappa shape index (κ1) is 12.4. The molecule has 1 heterocycles. The predicted octanol–water partition coefficient (Wildman–Crippen LogP) is 3.21. The van der Waals surface area contributed by atoms with E-state index in [0.717, 1.165) is 19.9 Å². The summed E-state index contributed by atoms with van der Waals surface area (Å²) in [6, 6.07) is 0. The van der Waals surface area contributed by atoms with Crippen molar-refractivity contribution in [3.63, 3.8) is 0 Å². The lowest BCUT2D eigenvalue weighted by atomic mass is 10.0. The zero-order chi connectivity index (χ0) is 12.1. The molecule has 0 amide bonds. The van der Waals surface area contributed by atoms with Crippen molar-refractivity contribution in [2.45, 2.75) is 37.4 Å². The van der Waals surface area contributed by atoms with Crippen LogP contribution < -0.4 is 0 Å². The highest BCUT2D eigenvalue weighted by Gasteiger charge is 2.73. The van der Waals surface area contributed by atoms with Gasteiger partial charge in [0.1, 0.15) is 0 Å². The van der Waals surface area contributed by atoms with Gasteiger partial charge in [-0.05, 0) is 19.9 Å². The Hall–Kier alpha value is -0.720. The van der Waals surface area contributed by atoms with Gasteiger partial charge in [0, 0.05) is 0 Å². The molecule has 1 aliphatic rings. The van der Waals surface area contributed by atoms with E-state index in [-0.39, 0.29) is 6.08 Å². The average Bonchev–Trinajstić information content (AvgIpc) is 2.23. The Kier molecular flexibility index (Phi) is 2.39. The molecule has 0 aromatic heterocycles. The molecule has 0 radical (unpaired) electrons. The van der Waals surface area contributed by atoms with Crippen molar-refractivity contribution in [3.05, 3.63) is 12.2 Å². The van der Waals surface area contributed by atoms with E-state index in [9.17, 15) is 26.3 Å². The zero-order valence-electron chi connectivity index (χ0n) is 7.83. The Morgan fingerprint density at radius 3 is 1.40 bits per heavy atom. The van der Waals surface area contributed by atoms with Crippen molar-refractivity contribution in [2.24, 2.45) is 0 Å². The summed E-state index contributed by atoms with van der Waals surface area (Å²) in [5.41, 5.74) is -5.76. The number of hydrogen-bond acceptors (Lipinski definition) is 1. The molecule has 0 unspecified atom stereocenters. The van der Waals surface area contributed by atoms with Crippen LogP contribution in [0, 0.1) is 0 Å². The first-order valence-electron chi connectivity index (χ1n) is 3.95. The van der Waals surface area contributed by atoms with Gasteiger partial charge < -0.3 is 4.74 Å². The second-order valence-electron chi connectivity index (χ2n) is 3.77. The molecule has 0 aromatic rings. The standard InChI is InChI=1S/C8H8F6O/c1-5(2)3-4-6(15-5,7(9,10)11)8(12,13)14/h3-4H,1-2H3. The van der Waals surface area contributed by atoms with Crippen LogP contribution in [0.2, 0.25) is 0 Å². The van der Waals surface area contributed by atoms with E-state index in [2.05, 4.69) is 4.74 Å². The summed E-state index contributed by atoms with van der Waals surface area (Å²) in [7, 11) is 0. The van der Waals surface area contributed by atoms with E-state index >= 15 is 0 Å². The third-order valence-electron chi connectivity index (χ3n) is 1.99. The zero-order valence-corrected chi connectivity index (χ0v) is 7.83. The van der Waals surface area contributed by atoms with Crippen molar-refractivity contribution in [3.8, 4) is 0 Å². The van der Waals surface area contributed by atoms with Gasteiger partial charge in [0.15, 0.2) is 0 Å². The molecule has 7 heteroatoms. The van der Waals surface area contributed by atoms with Crippen LogP contribution in [0.5, 0.6) is 0 Å². The first-order chi connectivity index (χ1) is 6.41. The topological polar surface area (TPSA) is 9.23 Å². The first-order valence-corrected chi connectivity index (χ1v) is 3.95. The Morgan fingerprint density at radius 2 is 1.27 bits per heavy atom. The molecule has 0 aromatic carbocycles. The van der Waals surface area contributed by atoms with Gasteiger partial charge in [0.05, 0.1) is 5.60 Å². The number of hydrogen-bond donors (Lipinski definition) is 0. The molecule has 0 saturated heterocycles. The van der Waals surface area contributed by atoms with E-state index < -0.39 is 23.6 Å². The summed E-state index contributed by atoms with van der Waals surface area (Å²) in [4.78, 5) is 0. The lowest BCUT2D eigenvalue weighted by Gasteiger charge is -2.34. The molecule has 88 valence electrons. The van der Waals surface area contributed by atoms with Crippen LogP contribution in [0.4, 0.5) is 26.3 Å². The molecule has 1 aliphatic heterocycles. The van der Waals surface area contributed by atoms with Crippen molar-refractivity contribution < 1.29 is 31.1 Å². The summed E-state index contributed by atoms with van der Waals surface area (Å²) >= 11 is 0. The van der Waals surface area contributed by atoms with Gasteiger partial charge in [-0.3, -0.25) is 0 Å². The van der Waals surface area contributed by atoms with Gasteiger partial charge in [-0.15, -0.1) is 0 Å². The van der Waals surface area contributed by atoms with Gasteiger partial charge >= 0.3 is 12.4 Å². The minimum absolute atomic E-state index is 0.0208. The maximum atomic E-state index is 12.4. The Morgan fingerprint density at radius 1 is 0.867 bits per heavy atom. The lowest BCUT2D eigenvalue weighted by Crippen LogP contribution is -2.57. The van der Waals surface area contributed by atoms with E-state index in [4.69, 9.17) is 0 Å². The molecule has 1 rings (SSSR count). The van der Waals surface area contributed by atoms with Crippen LogP contribution in [-0.4, -0.2) is 23.6 Å².